The highest BCUT2D eigenvalue weighted by atomic mass is 32.2. The third kappa shape index (κ3) is 4.78. The highest BCUT2D eigenvalue weighted by molar-refractivity contribution is 7.88. The predicted molar refractivity (Wildman–Crippen MR) is 103 cm³/mol. The van der Waals surface area contributed by atoms with Gasteiger partial charge in [0.05, 0.1) is 12.2 Å². The highest BCUT2D eigenvalue weighted by Gasteiger charge is 2.33. The zero-order valence-electron chi connectivity index (χ0n) is 15.4. The Kier molecular flexibility index (Phi) is 5.71. The van der Waals surface area contributed by atoms with Gasteiger partial charge in [0.1, 0.15) is 0 Å². The normalized spacial score (nSPS) is 21.5. The monoisotopic (exact) mass is 394 g/mol. The van der Waals surface area contributed by atoms with Crippen LogP contribution in [0, 0.1) is 11.8 Å². The molecule has 2 heterocycles. The summed E-state index contributed by atoms with van der Waals surface area (Å²) in [7, 11) is -3.13. The van der Waals surface area contributed by atoms with Gasteiger partial charge in [0.15, 0.2) is 0 Å². The van der Waals surface area contributed by atoms with Crippen molar-refractivity contribution in [2.24, 2.45) is 17.6 Å². The van der Waals surface area contributed by atoms with Crippen LogP contribution in [0.15, 0.2) is 24.3 Å². The molecule has 1 aromatic rings. The minimum absolute atomic E-state index is 0.129. The average Bonchev–Trinajstić information content (AvgIpc) is 2.59. The number of piperidine rings is 1. The molecule has 3 N–H and O–H groups in total. The second-order valence-corrected chi connectivity index (χ2v) is 9.37. The maximum Gasteiger partial charge on any atom is 0.251 e. The number of amides is 2. The van der Waals surface area contributed by atoms with E-state index in [-0.39, 0.29) is 23.7 Å². The second kappa shape index (κ2) is 7.85. The van der Waals surface area contributed by atoms with Gasteiger partial charge in [-0.15, -0.1) is 0 Å². The van der Waals surface area contributed by atoms with E-state index in [4.69, 9.17) is 5.73 Å². The molecular weight excluding hydrogens is 368 g/mol. The summed E-state index contributed by atoms with van der Waals surface area (Å²) in [6.07, 6.45) is 2.93. The molecule has 0 aromatic heterocycles. The SMILES string of the molecule is CS(=O)(=O)N1CC(CNC(=O)c2ccc(N3CCCC(C(N)=O)C3)cc2)C1. The molecule has 2 aliphatic heterocycles. The second-order valence-electron chi connectivity index (χ2n) is 7.39. The minimum atomic E-state index is -3.13. The fraction of sp³-hybridized carbons (Fsp3) is 0.556. The number of primary amides is 1. The van der Waals surface area contributed by atoms with Gasteiger partial charge in [0.2, 0.25) is 15.9 Å². The molecule has 2 aliphatic rings. The molecule has 2 saturated heterocycles. The van der Waals surface area contributed by atoms with Crippen LogP contribution in [0.4, 0.5) is 5.69 Å². The number of hydrogen-bond acceptors (Lipinski definition) is 5. The van der Waals surface area contributed by atoms with Gasteiger partial charge < -0.3 is 16.0 Å². The maximum absolute atomic E-state index is 12.3. The fourth-order valence-electron chi connectivity index (χ4n) is 3.53. The summed E-state index contributed by atoms with van der Waals surface area (Å²) in [6.45, 7) is 2.84. The van der Waals surface area contributed by atoms with E-state index in [9.17, 15) is 18.0 Å². The van der Waals surface area contributed by atoms with E-state index in [0.29, 0.717) is 31.7 Å². The summed E-state index contributed by atoms with van der Waals surface area (Å²) in [5, 5.41) is 2.86. The van der Waals surface area contributed by atoms with Gasteiger partial charge in [-0.2, -0.15) is 0 Å². The van der Waals surface area contributed by atoms with Crippen molar-refractivity contribution in [3.63, 3.8) is 0 Å². The van der Waals surface area contributed by atoms with Gasteiger partial charge in [-0.05, 0) is 37.1 Å². The van der Waals surface area contributed by atoms with Crippen molar-refractivity contribution in [2.45, 2.75) is 12.8 Å². The van der Waals surface area contributed by atoms with Crippen molar-refractivity contribution in [3.05, 3.63) is 29.8 Å². The van der Waals surface area contributed by atoms with Crippen LogP contribution in [0.25, 0.3) is 0 Å². The molecule has 2 fully saturated rings. The zero-order chi connectivity index (χ0) is 19.6. The van der Waals surface area contributed by atoms with E-state index in [1.165, 1.54) is 10.6 Å². The number of benzene rings is 1. The van der Waals surface area contributed by atoms with E-state index >= 15 is 0 Å². The van der Waals surface area contributed by atoms with Gasteiger partial charge >= 0.3 is 0 Å². The van der Waals surface area contributed by atoms with Crippen molar-refractivity contribution in [2.75, 3.05) is 43.9 Å². The Bertz CT molecular complexity index is 803. The van der Waals surface area contributed by atoms with Crippen LogP contribution in [0.5, 0.6) is 0 Å². The molecule has 27 heavy (non-hydrogen) atoms. The number of anilines is 1. The minimum Gasteiger partial charge on any atom is -0.371 e. The van der Waals surface area contributed by atoms with E-state index in [1.807, 2.05) is 12.1 Å². The first-order chi connectivity index (χ1) is 12.7. The summed E-state index contributed by atoms with van der Waals surface area (Å²) in [5.41, 5.74) is 6.95. The molecule has 0 radical (unpaired) electrons. The summed E-state index contributed by atoms with van der Waals surface area (Å²) < 4.78 is 24.1. The molecule has 0 spiro atoms. The molecule has 148 valence electrons. The molecule has 1 atom stereocenters. The Labute approximate surface area is 159 Å². The van der Waals surface area contributed by atoms with Crippen LogP contribution < -0.4 is 16.0 Å². The summed E-state index contributed by atoms with van der Waals surface area (Å²) in [4.78, 5) is 25.8. The van der Waals surface area contributed by atoms with Gasteiger partial charge in [-0.1, -0.05) is 0 Å². The summed E-state index contributed by atoms with van der Waals surface area (Å²) in [5.74, 6) is -0.410. The van der Waals surface area contributed by atoms with Crippen LogP contribution in [0.2, 0.25) is 0 Å². The Morgan fingerprint density at radius 1 is 1.19 bits per heavy atom. The lowest BCUT2D eigenvalue weighted by atomic mass is 9.97. The number of rotatable bonds is 6. The Morgan fingerprint density at radius 3 is 2.44 bits per heavy atom. The van der Waals surface area contributed by atoms with Crippen molar-refractivity contribution in [1.82, 2.24) is 9.62 Å². The molecule has 0 bridgehead atoms. The van der Waals surface area contributed by atoms with E-state index in [0.717, 1.165) is 25.1 Å². The number of nitrogens with one attached hydrogen (secondary N) is 1. The molecule has 0 aliphatic carbocycles. The van der Waals surface area contributed by atoms with Crippen LogP contribution >= 0.6 is 0 Å². The molecule has 0 saturated carbocycles. The van der Waals surface area contributed by atoms with E-state index < -0.39 is 10.0 Å². The molecule has 8 nitrogen and oxygen atoms in total. The van der Waals surface area contributed by atoms with Crippen molar-refractivity contribution < 1.29 is 18.0 Å². The lowest BCUT2D eigenvalue weighted by Gasteiger charge is -2.37. The van der Waals surface area contributed by atoms with Gasteiger partial charge in [0, 0.05) is 49.9 Å². The topological polar surface area (TPSA) is 113 Å². The third-order valence-corrected chi connectivity index (χ3v) is 6.50. The van der Waals surface area contributed by atoms with Crippen molar-refractivity contribution >= 4 is 27.5 Å². The largest absolute Gasteiger partial charge is 0.371 e. The average molecular weight is 394 g/mol. The lowest BCUT2D eigenvalue weighted by Crippen LogP contribution is -2.53. The predicted octanol–water partition coefficient (Wildman–Crippen LogP) is 0.00950. The third-order valence-electron chi connectivity index (χ3n) is 5.26. The van der Waals surface area contributed by atoms with E-state index in [2.05, 4.69) is 10.2 Å². The van der Waals surface area contributed by atoms with Crippen molar-refractivity contribution in [3.8, 4) is 0 Å². The van der Waals surface area contributed by atoms with Crippen LogP contribution in [-0.4, -0.2) is 63.5 Å². The Morgan fingerprint density at radius 2 is 1.85 bits per heavy atom. The van der Waals surface area contributed by atoms with Crippen LogP contribution in [0.3, 0.4) is 0 Å². The number of carbonyl (C=O) groups excluding carboxylic acids is 2. The number of carbonyl (C=O) groups is 2. The number of sulfonamides is 1. The first kappa shape index (κ1) is 19.6. The van der Waals surface area contributed by atoms with Crippen LogP contribution in [0.1, 0.15) is 23.2 Å². The summed E-state index contributed by atoms with van der Waals surface area (Å²) in [6, 6.07) is 7.30. The fourth-order valence-corrected chi connectivity index (χ4v) is 4.49. The smallest absolute Gasteiger partial charge is 0.251 e. The van der Waals surface area contributed by atoms with Crippen molar-refractivity contribution in [1.29, 1.82) is 0 Å². The first-order valence-electron chi connectivity index (χ1n) is 9.11. The highest BCUT2D eigenvalue weighted by Crippen LogP contribution is 2.23. The Hall–Kier alpha value is -2.13. The summed E-state index contributed by atoms with van der Waals surface area (Å²) >= 11 is 0. The molecule has 9 heteroatoms. The number of nitrogens with zero attached hydrogens (tertiary/aromatic N) is 2. The zero-order valence-corrected chi connectivity index (χ0v) is 16.2. The van der Waals surface area contributed by atoms with Crippen LogP contribution in [-0.2, 0) is 14.8 Å². The lowest BCUT2D eigenvalue weighted by molar-refractivity contribution is -0.122. The number of nitrogens with two attached hydrogens (primary N) is 1. The van der Waals surface area contributed by atoms with E-state index in [1.54, 1.807) is 12.1 Å². The molecule has 2 amide bonds. The molecule has 1 unspecified atom stereocenters. The first-order valence-corrected chi connectivity index (χ1v) is 11.0. The molecule has 1 aromatic carbocycles. The Balaban J connectivity index is 1.50. The maximum atomic E-state index is 12.3. The van der Waals surface area contributed by atoms with Gasteiger partial charge in [-0.3, -0.25) is 9.59 Å². The number of hydrogen-bond donors (Lipinski definition) is 2. The molecule has 3 rings (SSSR count). The van der Waals surface area contributed by atoms with Gasteiger partial charge in [0.25, 0.3) is 5.91 Å². The standard InChI is InChI=1S/C18H26N4O4S/c1-27(25,26)22-10-13(11-22)9-20-18(24)14-4-6-16(7-5-14)21-8-2-3-15(12-21)17(19)23/h4-7,13,15H,2-3,8-12H2,1H3,(H2,19,23)(H,20,24). The quantitative estimate of drug-likeness (QED) is 0.706. The van der Waals surface area contributed by atoms with Gasteiger partial charge in [-0.25, -0.2) is 12.7 Å². The molecular formula is C18H26N4O4S.